The fourth-order valence-corrected chi connectivity index (χ4v) is 1.47. The summed E-state index contributed by atoms with van der Waals surface area (Å²) in [5.41, 5.74) is 0.265. The van der Waals surface area contributed by atoms with Crippen molar-refractivity contribution in [3.8, 4) is 0 Å². The van der Waals surface area contributed by atoms with Crippen molar-refractivity contribution >= 4 is 5.97 Å². The van der Waals surface area contributed by atoms with Crippen LogP contribution in [-0.4, -0.2) is 25.8 Å². The number of hydrogen-bond donors (Lipinski definition) is 0. The van der Waals surface area contributed by atoms with Gasteiger partial charge < -0.3 is 9.47 Å². The van der Waals surface area contributed by atoms with Gasteiger partial charge in [-0.1, -0.05) is 27.2 Å². The molecule has 0 aliphatic carbocycles. The summed E-state index contributed by atoms with van der Waals surface area (Å²) < 4.78 is 10.0. The summed E-state index contributed by atoms with van der Waals surface area (Å²) in [6, 6.07) is 0. The Bertz CT molecular complexity index is 176. The van der Waals surface area contributed by atoms with Crippen LogP contribution in [0, 0.1) is 5.41 Å². The van der Waals surface area contributed by atoms with Gasteiger partial charge in [0.1, 0.15) is 6.61 Å². The van der Waals surface area contributed by atoms with Crippen molar-refractivity contribution in [2.24, 2.45) is 5.41 Å². The highest BCUT2D eigenvalue weighted by Gasteiger charge is 2.17. The molecule has 0 heterocycles. The van der Waals surface area contributed by atoms with Crippen molar-refractivity contribution in [2.75, 3.05) is 19.8 Å². The summed E-state index contributed by atoms with van der Waals surface area (Å²) in [7, 11) is 0. The first-order chi connectivity index (χ1) is 7.02. The first-order valence-corrected chi connectivity index (χ1v) is 5.75. The molecule has 0 aromatic heterocycles. The zero-order valence-corrected chi connectivity index (χ0v) is 10.5. The second-order valence-electron chi connectivity index (χ2n) is 4.52. The van der Waals surface area contributed by atoms with Crippen LogP contribution in [0.25, 0.3) is 0 Å². The largest absolute Gasteiger partial charge is 0.464 e. The Hall–Kier alpha value is -0.570. The van der Waals surface area contributed by atoms with Gasteiger partial charge in [-0.25, -0.2) is 4.79 Å². The first kappa shape index (κ1) is 14.4. The third-order valence-corrected chi connectivity index (χ3v) is 2.39. The highest BCUT2D eigenvalue weighted by molar-refractivity contribution is 5.70. The molecule has 0 saturated carbocycles. The van der Waals surface area contributed by atoms with Crippen LogP contribution in [0.1, 0.15) is 47.0 Å². The van der Waals surface area contributed by atoms with E-state index in [9.17, 15) is 4.79 Å². The summed E-state index contributed by atoms with van der Waals surface area (Å²) >= 11 is 0. The molecular weight excluding hydrogens is 192 g/mol. The molecule has 3 nitrogen and oxygen atoms in total. The zero-order chi connectivity index (χ0) is 11.7. The van der Waals surface area contributed by atoms with E-state index >= 15 is 0 Å². The average molecular weight is 216 g/mol. The predicted molar refractivity (Wildman–Crippen MR) is 60.8 cm³/mol. The number of esters is 1. The number of carbonyl (C=O) groups is 1. The molecule has 0 aromatic carbocycles. The van der Waals surface area contributed by atoms with Gasteiger partial charge in [-0.05, 0) is 25.2 Å². The standard InChI is InChI=1S/C12H24O3/c1-5-7-12(3,4)8-9-15-11(13)10-14-6-2/h5-10H2,1-4H3. The van der Waals surface area contributed by atoms with Crippen LogP contribution in [0.5, 0.6) is 0 Å². The van der Waals surface area contributed by atoms with Crippen LogP contribution < -0.4 is 0 Å². The summed E-state index contributed by atoms with van der Waals surface area (Å²) in [6.07, 6.45) is 3.24. The second-order valence-corrected chi connectivity index (χ2v) is 4.52. The summed E-state index contributed by atoms with van der Waals surface area (Å²) in [5, 5.41) is 0. The maximum atomic E-state index is 11.1. The number of rotatable bonds is 8. The van der Waals surface area contributed by atoms with Gasteiger partial charge in [0, 0.05) is 6.61 Å². The maximum Gasteiger partial charge on any atom is 0.332 e. The highest BCUT2D eigenvalue weighted by Crippen LogP contribution is 2.26. The molecule has 90 valence electrons. The Morgan fingerprint density at radius 2 is 1.87 bits per heavy atom. The average Bonchev–Trinajstić information content (AvgIpc) is 2.14. The molecule has 3 heteroatoms. The van der Waals surface area contributed by atoms with Crippen molar-refractivity contribution in [3.05, 3.63) is 0 Å². The van der Waals surface area contributed by atoms with Gasteiger partial charge in [0.15, 0.2) is 0 Å². The Morgan fingerprint density at radius 1 is 1.20 bits per heavy atom. The number of ether oxygens (including phenoxy) is 2. The van der Waals surface area contributed by atoms with Gasteiger partial charge in [-0.2, -0.15) is 0 Å². The number of carbonyl (C=O) groups excluding carboxylic acids is 1. The third kappa shape index (κ3) is 8.43. The lowest BCUT2D eigenvalue weighted by Gasteiger charge is -2.23. The molecule has 0 radical (unpaired) electrons. The van der Waals surface area contributed by atoms with Crippen molar-refractivity contribution in [1.29, 1.82) is 0 Å². The fraction of sp³-hybridized carbons (Fsp3) is 0.917. The maximum absolute atomic E-state index is 11.1. The molecule has 0 spiro atoms. The fourth-order valence-electron chi connectivity index (χ4n) is 1.47. The molecular formula is C12H24O3. The molecule has 0 bridgehead atoms. The number of hydrogen-bond acceptors (Lipinski definition) is 3. The molecule has 0 rings (SSSR count). The minimum absolute atomic E-state index is 0.0741. The smallest absolute Gasteiger partial charge is 0.332 e. The van der Waals surface area contributed by atoms with Crippen molar-refractivity contribution < 1.29 is 14.3 Å². The van der Waals surface area contributed by atoms with E-state index in [0.29, 0.717) is 13.2 Å². The van der Waals surface area contributed by atoms with Gasteiger partial charge in [0.2, 0.25) is 0 Å². The molecule has 0 unspecified atom stereocenters. The molecule has 0 saturated heterocycles. The van der Waals surface area contributed by atoms with E-state index in [1.165, 1.54) is 6.42 Å². The van der Waals surface area contributed by atoms with Gasteiger partial charge >= 0.3 is 5.97 Å². The molecule has 0 amide bonds. The van der Waals surface area contributed by atoms with E-state index in [4.69, 9.17) is 9.47 Å². The van der Waals surface area contributed by atoms with E-state index < -0.39 is 0 Å². The Balaban J connectivity index is 3.55. The van der Waals surface area contributed by atoms with Crippen LogP contribution in [0.2, 0.25) is 0 Å². The van der Waals surface area contributed by atoms with E-state index in [2.05, 4.69) is 20.8 Å². The summed E-state index contributed by atoms with van der Waals surface area (Å²) in [5.74, 6) is -0.260. The molecule has 0 aliphatic heterocycles. The van der Waals surface area contributed by atoms with Crippen LogP contribution in [-0.2, 0) is 14.3 Å². The summed E-state index contributed by atoms with van der Waals surface area (Å²) in [4.78, 5) is 11.1. The Labute approximate surface area is 93.1 Å². The third-order valence-electron chi connectivity index (χ3n) is 2.39. The van der Waals surface area contributed by atoms with Crippen LogP contribution in [0.15, 0.2) is 0 Å². The molecule has 15 heavy (non-hydrogen) atoms. The minimum atomic E-state index is -0.260. The van der Waals surface area contributed by atoms with Crippen molar-refractivity contribution in [1.82, 2.24) is 0 Å². The second kappa shape index (κ2) is 7.69. The van der Waals surface area contributed by atoms with Gasteiger partial charge in [-0.3, -0.25) is 0 Å². The summed E-state index contributed by atoms with van der Waals surface area (Å²) in [6.45, 7) is 9.56. The normalized spacial score (nSPS) is 11.5. The Morgan fingerprint density at radius 3 is 2.40 bits per heavy atom. The molecule has 0 fully saturated rings. The minimum Gasteiger partial charge on any atom is -0.464 e. The Kier molecular flexibility index (Phi) is 7.39. The first-order valence-electron chi connectivity index (χ1n) is 5.75. The van der Waals surface area contributed by atoms with Crippen molar-refractivity contribution in [2.45, 2.75) is 47.0 Å². The van der Waals surface area contributed by atoms with Gasteiger partial charge in [-0.15, -0.1) is 0 Å². The molecule has 0 aromatic rings. The van der Waals surface area contributed by atoms with Crippen LogP contribution in [0.3, 0.4) is 0 Å². The van der Waals surface area contributed by atoms with E-state index in [-0.39, 0.29) is 18.0 Å². The van der Waals surface area contributed by atoms with E-state index in [1.54, 1.807) is 0 Å². The molecule has 0 atom stereocenters. The van der Waals surface area contributed by atoms with E-state index in [1.807, 2.05) is 6.92 Å². The molecule has 0 N–H and O–H groups in total. The predicted octanol–water partition coefficient (Wildman–Crippen LogP) is 2.78. The topological polar surface area (TPSA) is 35.5 Å². The monoisotopic (exact) mass is 216 g/mol. The lowest BCUT2D eigenvalue weighted by Crippen LogP contribution is -2.18. The quantitative estimate of drug-likeness (QED) is 0.585. The highest BCUT2D eigenvalue weighted by atomic mass is 16.6. The molecule has 0 aliphatic rings. The SMILES string of the molecule is CCCC(C)(C)CCOC(=O)COCC. The van der Waals surface area contributed by atoms with Gasteiger partial charge in [0.25, 0.3) is 0 Å². The zero-order valence-electron chi connectivity index (χ0n) is 10.5. The lowest BCUT2D eigenvalue weighted by atomic mass is 9.85. The van der Waals surface area contributed by atoms with Crippen molar-refractivity contribution in [3.63, 3.8) is 0 Å². The van der Waals surface area contributed by atoms with Crippen LogP contribution in [0.4, 0.5) is 0 Å². The van der Waals surface area contributed by atoms with Gasteiger partial charge in [0.05, 0.1) is 6.61 Å². The lowest BCUT2D eigenvalue weighted by molar-refractivity contribution is -0.149. The van der Waals surface area contributed by atoms with E-state index in [0.717, 1.165) is 12.8 Å². The van der Waals surface area contributed by atoms with Crippen LogP contribution >= 0.6 is 0 Å².